The molecule has 3 unspecified atom stereocenters. The molecule has 2 aliphatic rings. The molecule has 2 heterocycles. The van der Waals surface area contributed by atoms with Crippen molar-refractivity contribution in [2.45, 2.75) is 37.2 Å². The highest BCUT2D eigenvalue weighted by atomic mass is 19.4. The van der Waals surface area contributed by atoms with Crippen LogP contribution >= 0.6 is 0 Å². The van der Waals surface area contributed by atoms with E-state index in [0.717, 1.165) is 31.5 Å². The third-order valence-corrected chi connectivity index (χ3v) is 4.42. The summed E-state index contributed by atoms with van der Waals surface area (Å²) in [6, 6.07) is 5.15. The Balaban J connectivity index is 1.74. The van der Waals surface area contributed by atoms with Gasteiger partial charge in [0.1, 0.15) is 0 Å². The molecule has 2 saturated heterocycles. The Hall–Kier alpha value is -1.11. The number of fused-ring (bicyclic) bond motifs is 1. The molecule has 0 spiro atoms. The Morgan fingerprint density at radius 3 is 2.90 bits per heavy atom. The van der Waals surface area contributed by atoms with Crippen molar-refractivity contribution in [3.63, 3.8) is 0 Å². The van der Waals surface area contributed by atoms with Crippen LogP contribution in [0.2, 0.25) is 0 Å². The van der Waals surface area contributed by atoms with Crippen LogP contribution in [0.15, 0.2) is 24.3 Å². The maximum Gasteiger partial charge on any atom is 0.416 e. The van der Waals surface area contributed by atoms with Gasteiger partial charge in [0.2, 0.25) is 0 Å². The summed E-state index contributed by atoms with van der Waals surface area (Å²) >= 11 is 0. The fourth-order valence-electron chi connectivity index (χ4n) is 3.20. The molecular weight excluding hydrogens is 281 g/mol. The zero-order chi connectivity index (χ0) is 15.0. The van der Waals surface area contributed by atoms with Crippen molar-refractivity contribution < 1.29 is 17.9 Å². The van der Waals surface area contributed by atoms with E-state index in [9.17, 15) is 13.2 Å². The van der Waals surface area contributed by atoms with Crippen LogP contribution in [-0.4, -0.2) is 36.7 Å². The average Bonchev–Trinajstić information content (AvgIpc) is 2.93. The van der Waals surface area contributed by atoms with Crippen molar-refractivity contribution in [1.82, 2.24) is 4.90 Å². The molecule has 0 aromatic heterocycles. The molecule has 2 aliphatic heterocycles. The second-order valence-electron chi connectivity index (χ2n) is 5.81. The van der Waals surface area contributed by atoms with E-state index in [2.05, 4.69) is 4.90 Å². The van der Waals surface area contributed by atoms with E-state index in [1.165, 1.54) is 6.07 Å². The molecule has 2 N–H and O–H groups in total. The highest BCUT2D eigenvalue weighted by Gasteiger charge is 2.36. The quantitative estimate of drug-likeness (QED) is 0.912. The Bertz CT molecular complexity index is 506. The lowest BCUT2D eigenvalue weighted by molar-refractivity contribution is -0.137. The summed E-state index contributed by atoms with van der Waals surface area (Å²) in [5.41, 5.74) is 5.96. The first-order valence-corrected chi connectivity index (χ1v) is 7.23. The summed E-state index contributed by atoms with van der Waals surface area (Å²) in [5.74, 6) is 0. The average molecular weight is 300 g/mol. The van der Waals surface area contributed by atoms with Crippen LogP contribution in [0.5, 0.6) is 0 Å². The number of alkyl halides is 3. The van der Waals surface area contributed by atoms with Crippen LogP contribution < -0.4 is 5.73 Å². The minimum atomic E-state index is -4.34. The van der Waals surface area contributed by atoms with Crippen molar-refractivity contribution >= 4 is 0 Å². The fourth-order valence-corrected chi connectivity index (χ4v) is 3.20. The van der Waals surface area contributed by atoms with Gasteiger partial charge in [-0.05, 0) is 37.1 Å². The third-order valence-electron chi connectivity index (χ3n) is 4.42. The van der Waals surface area contributed by atoms with Gasteiger partial charge in [-0.2, -0.15) is 13.2 Å². The number of nitrogens with two attached hydrogens (primary N) is 1. The van der Waals surface area contributed by atoms with Gasteiger partial charge in [0.05, 0.1) is 24.3 Å². The van der Waals surface area contributed by atoms with Crippen LogP contribution in [0.3, 0.4) is 0 Å². The predicted molar refractivity (Wildman–Crippen MR) is 72.7 cm³/mol. The topological polar surface area (TPSA) is 38.5 Å². The highest BCUT2D eigenvalue weighted by Crippen LogP contribution is 2.32. The molecule has 0 radical (unpaired) electrons. The molecule has 2 fully saturated rings. The maximum atomic E-state index is 12.8. The summed E-state index contributed by atoms with van der Waals surface area (Å²) in [5, 5.41) is 0. The minimum absolute atomic E-state index is 0.247. The molecule has 3 nitrogen and oxygen atoms in total. The zero-order valence-electron chi connectivity index (χ0n) is 11.6. The Morgan fingerprint density at radius 1 is 1.33 bits per heavy atom. The normalized spacial score (nSPS) is 28.4. The largest absolute Gasteiger partial charge is 0.416 e. The van der Waals surface area contributed by atoms with Crippen molar-refractivity contribution in [2.75, 3.05) is 19.7 Å². The van der Waals surface area contributed by atoms with Gasteiger partial charge in [-0.15, -0.1) is 0 Å². The van der Waals surface area contributed by atoms with E-state index in [0.29, 0.717) is 24.8 Å². The lowest BCUT2D eigenvalue weighted by Crippen LogP contribution is -2.49. The predicted octanol–water partition coefficient (Wildman–Crippen LogP) is 2.57. The van der Waals surface area contributed by atoms with Gasteiger partial charge >= 0.3 is 6.18 Å². The molecule has 6 heteroatoms. The molecule has 0 amide bonds. The number of morpholine rings is 1. The second-order valence-corrected chi connectivity index (χ2v) is 5.81. The minimum Gasteiger partial charge on any atom is -0.373 e. The van der Waals surface area contributed by atoms with Gasteiger partial charge in [-0.3, -0.25) is 4.90 Å². The second kappa shape index (κ2) is 5.59. The Kier molecular flexibility index (Phi) is 3.94. The molecule has 0 bridgehead atoms. The lowest BCUT2D eigenvalue weighted by Gasteiger charge is -2.37. The van der Waals surface area contributed by atoms with Gasteiger partial charge in [0.15, 0.2) is 0 Å². The number of ether oxygens (including phenoxy) is 1. The number of halogens is 3. The lowest BCUT2D eigenvalue weighted by atomic mass is 9.98. The Morgan fingerprint density at radius 2 is 2.14 bits per heavy atom. The van der Waals surface area contributed by atoms with E-state index in [1.807, 2.05) is 0 Å². The molecule has 3 atom stereocenters. The van der Waals surface area contributed by atoms with Crippen LogP contribution in [0.25, 0.3) is 0 Å². The molecule has 0 saturated carbocycles. The van der Waals surface area contributed by atoms with E-state index < -0.39 is 17.8 Å². The van der Waals surface area contributed by atoms with Gasteiger partial charge < -0.3 is 10.5 Å². The molecular formula is C15H19F3N2O. The Labute approximate surface area is 121 Å². The molecule has 21 heavy (non-hydrogen) atoms. The van der Waals surface area contributed by atoms with Crippen molar-refractivity contribution in [2.24, 2.45) is 5.73 Å². The third kappa shape index (κ3) is 3.07. The summed E-state index contributed by atoms with van der Waals surface area (Å²) in [6.45, 7) is 2.35. The van der Waals surface area contributed by atoms with Crippen LogP contribution in [0.4, 0.5) is 13.2 Å². The SMILES string of the molecule is NC(c1cccc(C(F)(F)F)c1)C1CN2CCCC2CO1. The highest BCUT2D eigenvalue weighted by molar-refractivity contribution is 5.28. The fraction of sp³-hybridized carbons (Fsp3) is 0.600. The number of benzene rings is 1. The monoisotopic (exact) mass is 300 g/mol. The van der Waals surface area contributed by atoms with E-state index in [-0.39, 0.29) is 6.10 Å². The van der Waals surface area contributed by atoms with Crippen LogP contribution in [0.1, 0.15) is 30.0 Å². The van der Waals surface area contributed by atoms with Crippen LogP contribution in [-0.2, 0) is 10.9 Å². The smallest absolute Gasteiger partial charge is 0.373 e. The first-order chi connectivity index (χ1) is 9.95. The molecule has 116 valence electrons. The number of nitrogens with zero attached hydrogens (tertiary/aromatic N) is 1. The first-order valence-electron chi connectivity index (χ1n) is 7.23. The van der Waals surface area contributed by atoms with E-state index in [4.69, 9.17) is 10.5 Å². The summed E-state index contributed by atoms with van der Waals surface area (Å²) in [6.07, 6.45) is -2.31. The van der Waals surface area contributed by atoms with Gasteiger partial charge in [-0.1, -0.05) is 12.1 Å². The molecule has 1 aromatic carbocycles. The van der Waals surface area contributed by atoms with Gasteiger partial charge in [0.25, 0.3) is 0 Å². The van der Waals surface area contributed by atoms with Crippen molar-refractivity contribution in [1.29, 1.82) is 0 Å². The van der Waals surface area contributed by atoms with E-state index >= 15 is 0 Å². The number of hydrogen-bond donors (Lipinski definition) is 1. The number of hydrogen-bond acceptors (Lipinski definition) is 3. The summed E-state index contributed by atoms with van der Waals surface area (Å²) in [4.78, 5) is 2.33. The summed E-state index contributed by atoms with van der Waals surface area (Å²) < 4.78 is 44.1. The summed E-state index contributed by atoms with van der Waals surface area (Å²) in [7, 11) is 0. The molecule has 3 rings (SSSR count). The van der Waals surface area contributed by atoms with Crippen LogP contribution in [0, 0.1) is 0 Å². The maximum absolute atomic E-state index is 12.8. The zero-order valence-corrected chi connectivity index (χ0v) is 11.6. The first kappa shape index (κ1) is 14.8. The van der Waals surface area contributed by atoms with E-state index in [1.54, 1.807) is 6.07 Å². The van der Waals surface area contributed by atoms with Gasteiger partial charge in [-0.25, -0.2) is 0 Å². The van der Waals surface area contributed by atoms with Gasteiger partial charge in [0, 0.05) is 12.6 Å². The van der Waals surface area contributed by atoms with Crippen molar-refractivity contribution in [3.8, 4) is 0 Å². The number of rotatable bonds is 2. The molecule has 1 aromatic rings. The standard InChI is InChI=1S/C15H19F3N2O/c16-15(17,18)11-4-1-3-10(7-11)14(19)13-8-20-6-2-5-12(20)9-21-13/h1,3-4,7,12-14H,2,5-6,8-9,19H2. The molecule has 0 aliphatic carbocycles. The van der Waals surface area contributed by atoms with Crippen molar-refractivity contribution in [3.05, 3.63) is 35.4 Å².